The molecular weight excluding hydrogens is 232 g/mol. The fraction of sp³-hybridized carbons (Fsp3) is 0.647. The molecule has 0 aliphatic heterocycles. The molecule has 1 saturated carbocycles. The summed E-state index contributed by atoms with van der Waals surface area (Å²) in [5.74, 6) is 0. The minimum atomic E-state index is 0.425. The summed E-state index contributed by atoms with van der Waals surface area (Å²) >= 11 is 0. The van der Waals surface area contributed by atoms with Gasteiger partial charge in [-0.1, -0.05) is 29.3 Å². The normalized spacial score (nSPS) is 18.6. The van der Waals surface area contributed by atoms with E-state index in [2.05, 4.69) is 63.2 Å². The number of nitrogens with one attached hydrogen (secondary N) is 1. The molecule has 0 amide bonds. The molecule has 2 atom stereocenters. The predicted octanol–water partition coefficient (Wildman–Crippen LogP) is 3.44. The van der Waals surface area contributed by atoms with Gasteiger partial charge < -0.3 is 5.32 Å². The van der Waals surface area contributed by atoms with Gasteiger partial charge in [0.05, 0.1) is 0 Å². The zero-order valence-electron chi connectivity index (χ0n) is 13.0. The summed E-state index contributed by atoms with van der Waals surface area (Å²) < 4.78 is 0. The number of likely N-dealkylation sites (N-methyl/N-ethyl adjacent to an activating group) is 1. The highest BCUT2D eigenvalue weighted by molar-refractivity contribution is 5.30. The Kier molecular flexibility index (Phi) is 4.64. The lowest BCUT2D eigenvalue weighted by Crippen LogP contribution is -2.39. The minimum absolute atomic E-state index is 0.425. The average Bonchev–Trinajstić information content (AvgIpc) is 3.17. The van der Waals surface area contributed by atoms with E-state index < -0.39 is 0 Å². The molecule has 1 aliphatic carbocycles. The molecule has 106 valence electrons. The maximum Gasteiger partial charge on any atom is 0.0292 e. The number of hydrogen-bond donors (Lipinski definition) is 1. The van der Waals surface area contributed by atoms with Gasteiger partial charge in [0.1, 0.15) is 0 Å². The molecular formula is C17H28N2. The third kappa shape index (κ3) is 4.05. The SMILES string of the molecule is Cc1cc(C)cc(C(C)NCC(C)N(C)C2CC2)c1. The molecule has 2 nitrogen and oxygen atoms in total. The second-order valence-corrected chi connectivity index (χ2v) is 6.30. The van der Waals surface area contributed by atoms with Crippen molar-refractivity contribution in [2.45, 2.75) is 58.7 Å². The van der Waals surface area contributed by atoms with Crippen molar-refractivity contribution in [3.05, 3.63) is 34.9 Å². The smallest absolute Gasteiger partial charge is 0.0292 e. The van der Waals surface area contributed by atoms with Crippen molar-refractivity contribution in [3.8, 4) is 0 Å². The second kappa shape index (κ2) is 6.06. The van der Waals surface area contributed by atoms with Crippen molar-refractivity contribution in [2.75, 3.05) is 13.6 Å². The van der Waals surface area contributed by atoms with Gasteiger partial charge in [0.2, 0.25) is 0 Å². The molecule has 2 unspecified atom stereocenters. The van der Waals surface area contributed by atoms with Crippen LogP contribution in [0.5, 0.6) is 0 Å². The summed E-state index contributed by atoms with van der Waals surface area (Å²) in [7, 11) is 2.26. The maximum absolute atomic E-state index is 3.68. The fourth-order valence-corrected chi connectivity index (χ4v) is 2.71. The lowest BCUT2D eigenvalue weighted by Gasteiger charge is -2.26. The summed E-state index contributed by atoms with van der Waals surface area (Å²) in [6.45, 7) is 9.98. The van der Waals surface area contributed by atoms with Crippen LogP contribution in [-0.4, -0.2) is 30.6 Å². The van der Waals surface area contributed by atoms with Gasteiger partial charge in [0.25, 0.3) is 0 Å². The van der Waals surface area contributed by atoms with Gasteiger partial charge in [0.15, 0.2) is 0 Å². The Morgan fingerprint density at radius 2 is 1.74 bits per heavy atom. The molecule has 19 heavy (non-hydrogen) atoms. The summed E-state index contributed by atoms with van der Waals surface area (Å²) in [6, 6.07) is 8.70. The molecule has 1 aromatic carbocycles. The average molecular weight is 260 g/mol. The van der Waals surface area contributed by atoms with Crippen LogP contribution in [0.2, 0.25) is 0 Å². The summed E-state index contributed by atoms with van der Waals surface area (Å²) in [5, 5.41) is 3.68. The van der Waals surface area contributed by atoms with E-state index in [9.17, 15) is 0 Å². The van der Waals surface area contributed by atoms with Crippen molar-refractivity contribution in [1.29, 1.82) is 0 Å². The molecule has 1 aliphatic rings. The second-order valence-electron chi connectivity index (χ2n) is 6.30. The van der Waals surface area contributed by atoms with E-state index >= 15 is 0 Å². The lowest BCUT2D eigenvalue weighted by atomic mass is 10.0. The van der Waals surface area contributed by atoms with E-state index in [1.165, 1.54) is 29.5 Å². The zero-order chi connectivity index (χ0) is 14.0. The first-order chi connectivity index (χ1) is 8.97. The fourth-order valence-electron chi connectivity index (χ4n) is 2.71. The Morgan fingerprint density at radius 3 is 2.26 bits per heavy atom. The third-order valence-electron chi connectivity index (χ3n) is 4.28. The van der Waals surface area contributed by atoms with Crippen LogP contribution in [0.4, 0.5) is 0 Å². The molecule has 1 aromatic rings. The standard InChI is InChI=1S/C17H28N2/c1-12-8-13(2)10-16(9-12)15(4)18-11-14(3)19(5)17-6-7-17/h8-10,14-15,17-18H,6-7,11H2,1-5H3. The third-order valence-corrected chi connectivity index (χ3v) is 4.28. The number of hydrogen-bond acceptors (Lipinski definition) is 2. The van der Waals surface area contributed by atoms with Gasteiger partial charge in [-0.3, -0.25) is 4.90 Å². The molecule has 0 aromatic heterocycles. The van der Waals surface area contributed by atoms with Crippen LogP contribution in [0.3, 0.4) is 0 Å². The van der Waals surface area contributed by atoms with Gasteiger partial charge >= 0.3 is 0 Å². The highest BCUT2D eigenvalue weighted by atomic mass is 15.2. The summed E-state index contributed by atoms with van der Waals surface area (Å²) in [4.78, 5) is 2.52. The molecule has 2 heteroatoms. The first-order valence-corrected chi connectivity index (χ1v) is 7.51. The van der Waals surface area contributed by atoms with Crippen LogP contribution in [0.15, 0.2) is 18.2 Å². The molecule has 0 spiro atoms. The van der Waals surface area contributed by atoms with E-state index in [0.717, 1.165) is 12.6 Å². The Hall–Kier alpha value is -0.860. The van der Waals surface area contributed by atoms with Crippen molar-refractivity contribution in [2.24, 2.45) is 0 Å². The van der Waals surface area contributed by atoms with Crippen LogP contribution in [-0.2, 0) is 0 Å². The first-order valence-electron chi connectivity index (χ1n) is 7.51. The zero-order valence-corrected chi connectivity index (χ0v) is 13.0. The highest BCUT2D eigenvalue weighted by Gasteiger charge is 2.28. The molecule has 1 N–H and O–H groups in total. The maximum atomic E-state index is 3.68. The van der Waals surface area contributed by atoms with Crippen LogP contribution in [0.25, 0.3) is 0 Å². The van der Waals surface area contributed by atoms with Crippen molar-refractivity contribution < 1.29 is 0 Å². The molecule has 0 saturated heterocycles. The van der Waals surface area contributed by atoms with Gasteiger partial charge in [-0.2, -0.15) is 0 Å². The number of aryl methyl sites for hydroxylation is 2. The van der Waals surface area contributed by atoms with Crippen molar-refractivity contribution in [1.82, 2.24) is 10.2 Å². The van der Waals surface area contributed by atoms with Crippen molar-refractivity contribution in [3.63, 3.8) is 0 Å². The quantitative estimate of drug-likeness (QED) is 0.843. The van der Waals surface area contributed by atoms with E-state index in [1.54, 1.807) is 0 Å². The number of rotatable bonds is 6. The molecule has 1 fully saturated rings. The van der Waals surface area contributed by atoms with Crippen LogP contribution < -0.4 is 5.32 Å². The van der Waals surface area contributed by atoms with Crippen molar-refractivity contribution >= 4 is 0 Å². The molecule has 0 radical (unpaired) electrons. The first kappa shape index (κ1) is 14.5. The van der Waals surface area contributed by atoms with Gasteiger partial charge in [-0.25, -0.2) is 0 Å². The van der Waals surface area contributed by atoms with Crippen LogP contribution >= 0.6 is 0 Å². The molecule has 2 rings (SSSR count). The van der Waals surface area contributed by atoms with Gasteiger partial charge in [-0.15, -0.1) is 0 Å². The Bertz CT molecular complexity index is 403. The van der Waals surface area contributed by atoms with E-state index in [-0.39, 0.29) is 0 Å². The Labute approximate surface area is 118 Å². The van der Waals surface area contributed by atoms with Crippen LogP contribution in [0.1, 0.15) is 49.4 Å². The predicted molar refractivity (Wildman–Crippen MR) is 82.6 cm³/mol. The number of nitrogens with zero attached hydrogens (tertiary/aromatic N) is 1. The molecule has 0 heterocycles. The summed E-state index contributed by atoms with van der Waals surface area (Å²) in [5.41, 5.74) is 4.11. The van der Waals surface area contributed by atoms with Crippen LogP contribution in [0, 0.1) is 13.8 Å². The minimum Gasteiger partial charge on any atom is -0.309 e. The Morgan fingerprint density at radius 1 is 1.16 bits per heavy atom. The van der Waals surface area contributed by atoms with Gasteiger partial charge in [-0.05, 0) is 53.1 Å². The van der Waals surface area contributed by atoms with E-state index in [1.807, 2.05) is 0 Å². The molecule has 0 bridgehead atoms. The van der Waals surface area contributed by atoms with E-state index in [0.29, 0.717) is 12.1 Å². The van der Waals surface area contributed by atoms with E-state index in [4.69, 9.17) is 0 Å². The highest BCUT2D eigenvalue weighted by Crippen LogP contribution is 2.27. The Balaban J connectivity index is 1.87. The van der Waals surface area contributed by atoms with Gasteiger partial charge in [0, 0.05) is 24.7 Å². The monoisotopic (exact) mass is 260 g/mol. The lowest BCUT2D eigenvalue weighted by molar-refractivity contribution is 0.237. The summed E-state index contributed by atoms with van der Waals surface area (Å²) in [6.07, 6.45) is 2.76. The number of benzene rings is 1. The largest absolute Gasteiger partial charge is 0.309 e. The topological polar surface area (TPSA) is 15.3 Å².